The molecule has 10 nitrogen and oxygen atoms in total. The predicted molar refractivity (Wildman–Crippen MR) is 116 cm³/mol. The number of benzene rings is 1. The van der Waals surface area contributed by atoms with Gasteiger partial charge in [-0.3, -0.25) is 24.3 Å². The van der Waals surface area contributed by atoms with Crippen LogP contribution in [0.25, 0.3) is 0 Å². The second kappa shape index (κ2) is 11.0. The third kappa shape index (κ3) is 5.88. The summed E-state index contributed by atoms with van der Waals surface area (Å²) in [5.41, 5.74) is 0.359. The van der Waals surface area contributed by atoms with Crippen LogP contribution in [0.15, 0.2) is 28.9 Å². The molecule has 0 unspecified atom stereocenters. The zero-order chi connectivity index (χ0) is 22.2. The molecule has 31 heavy (non-hydrogen) atoms. The number of piperazine rings is 1. The van der Waals surface area contributed by atoms with Gasteiger partial charge in [-0.15, -0.1) is 0 Å². The summed E-state index contributed by atoms with van der Waals surface area (Å²) in [7, 11) is 2.99. The van der Waals surface area contributed by atoms with Crippen LogP contribution < -0.4 is 24.6 Å². The fourth-order valence-electron chi connectivity index (χ4n) is 3.25. The molecule has 0 spiro atoms. The molecule has 1 aromatic heterocycles. The summed E-state index contributed by atoms with van der Waals surface area (Å²) in [4.78, 5) is 28.8. The summed E-state index contributed by atoms with van der Waals surface area (Å²) in [6.45, 7) is 6.77. The van der Waals surface area contributed by atoms with E-state index < -0.39 is 0 Å². The number of anilines is 1. The molecule has 1 aliphatic heterocycles. The Labute approximate surface area is 185 Å². The lowest BCUT2D eigenvalue weighted by Crippen LogP contribution is -2.65. The first kappa shape index (κ1) is 22.9. The Bertz CT molecular complexity index is 876. The second-order valence-corrected chi connectivity index (χ2v) is 7.91. The summed E-state index contributed by atoms with van der Waals surface area (Å²) >= 11 is 1.03. The average molecular weight is 451 g/mol. The molecule has 11 heteroatoms. The Balaban J connectivity index is 1.47. The Morgan fingerprint density at radius 2 is 1.87 bits per heavy atom. The zero-order valence-electron chi connectivity index (χ0n) is 18.0. The minimum Gasteiger partial charge on any atom is -0.496 e. The lowest BCUT2D eigenvalue weighted by Gasteiger charge is -2.28. The monoisotopic (exact) mass is 450 g/mol. The minimum absolute atomic E-state index is 0.143. The molecule has 1 amide bonds. The number of hydrogen-bond donors (Lipinski definition) is 1. The lowest BCUT2D eigenvalue weighted by atomic mass is 10.2. The maximum absolute atomic E-state index is 12.6. The van der Waals surface area contributed by atoms with Gasteiger partial charge in [-0.25, -0.2) is 0 Å². The van der Waals surface area contributed by atoms with Gasteiger partial charge in [0.25, 0.3) is 6.20 Å². The van der Waals surface area contributed by atoms with E-state index in [4.69, 9.17) is 14.0 Å². The quantitative estimate of drug-likeness (QED) is 0.564. The SMILES string of the molecule is CCN1CCN([n+]2cc(NC(=O)CCSC(=O)c3c(OC)cccc3OC)on2)CC1. The van der Waals surface area contributed by atoms with Crippen LogP contribution in [0.5, 0.6) is 11.5 Å². The molecule has 2 heterocycles. The third-order valence-corrected chi connectivity index (χ3v) is 5.87. The maximum atomic E-state index is 12.6. The molecule has 3 rings (SSSR count). The predicted octanol–water partition coefficient (Wildman–Crippen LogP) is 1.15. The highest BCUT2D eigenvalue weighted by atomic mass is 32.2. The molecule has 2 aromatic rings. The van der Waals surface area contributed by atoms with Crippen LogP contribution >= 0.6 is 11.8 Å². The van der Waals surface area contributed by atoms with Crippen LogP contribution in [0.4, 0.5) is 5.88 Å². The van der Waals surface area contributed by atoms with Crippen molar-refractivity contribution in [1.82, 2.24) is 10.2 Å². The highest BCUT2D eigenvalue weighted by Crippen LogP contribution is 2.32. The van der Waals surface area contributed by atoms with Crippen molar-refractivity contribution in [3.8, 4) is 11.5 Å². The summed E-state index contributed by atoms with van der Waals surface area (Å²) in [6, 6.07) is 5.15. The van der Waals surface area contributed by atoms with Crippen molar-refractivity contribution < 1.29 is 28.4 Å². The van der Waals surface area contributed by atoms with E-state index in [0.29, 0.717) is 22.8 Å². The van der Waals surface area contributed by atoms with Crippen molar-refractivity contribution in [3.05, 3.63) is 30.0 Å². The van der Waals surface area contributed by atoms with Crippen molar-refractivity contribution in [2.75, 3.05) is 63.0 Å². The molecule has 168 valence electrons. The molecule has 0 atom stereocenters. The highest BCUT2D eigenvalue weighted by Gasteiger charge is 2.26. The van der Waals surface area contributed by atoms with Gasteiger partial charge in [0.2, 0.25) is 16.3 Å². The minimum atomic E-state index is -0.258. The van der Waals surface area contributed by atoms with Crippen LogP contribution in [0, 0.1) is 0 Å². The molecule has 0 saturated carbocycles. The topological polar surface area (TPSA) is 101 Å². The van der Waals surface area contributed by atoms with Gasteiger partial charge in [-0.2, -0.15) is 5.01 Å². The van der Waals surface area contributed by atoms with Gasteiger partial charge in [0.15, 0.2) is 0 Å². The first-order valence-electron chi connectivity index (χ1n) is 10.1. The Morgan fingerprint density at radius 3 is 2.48 bits per heavy atom. The number of nitrogens with zero attached hydrogens (tertiary/aromatic N) is 4. The van der Waals surface area contributed by atoms with Crippen molar-refractivity contribution >= 4 is 28.7 Å². The van der Waals surface area contributed by atoms with Gasteiger partial charge < -0.3 is 9.47 Å². The second-order valence-electron chi connectivity index (χ2n) is 6.85. The largest absolute Gasteiger partial charge is 0.496 e. The van der Waals surface area contributed by atoms with Crippen molar-refractivity contribution in [1.29, 1.82) is 0 Å². The van der Waals surface area contributed by atoms with E-state index in [2.05, 4.69) is 27.4 Å². The first-order chi connectivity index (χ1) is 15.0. The van der Waals surface area contributed by atoms with E-state index in [0.717, 1.165) is 44.5 Å². The number of methoxy groups -OCH3 is 2. The number of amides is 1. The van der Waals surface area contributed by atoms with Gasteiger partial charge in [0.1, 0.15) is 17.1 Å². The summed E-state index contributed by atoms with van der Waals surface area (Å²) in [5, 5.41) is 8.50. The zero-order valence-corrected chi connectivity index (χ0v) is 18.8. The number of ether oxygens (including phenoxy) is 2. The fourth-order valence-corrected chi connectivity index (χ4v) is 4.06. The third-order valence-electron chi connectivity index (χ3n) is 5.00. The number of hydrogen-bond acceptors (Lipinski definition) is 9. The molecular weight excluding hydrogens is 422 g/mol. The highest BCUT2D eigenvalue weighted by molar-refractivity contribution is 8.14. The van der Waals surface area contributed by atoms with E-state index in [9.17, 15) is 9.59 Å². The lowest BCUT2D eigenvalue weighted by molar-refractivity contribution is -0.759. The van der Waals surface area contributed by atoms with Crippen LogP contribution in [-0.4, -0.2) is 73.9 Å². The smallest absolute Gasteiger partial charge is 0.305 e. The van der Waals surface area contributed by atoms with Gasteiger partial charge >= 0.3 is 5.88 Å². The van der Waals surface area contributed by atoms with Crippen molar-refractivity contribution in [2.45, 2.75) is 13.3 Å². The first-order valence-corrected chi connectivity index (χ1v) is 11.1. The van der Waals surface area contributed by atoms with Crippen molar-refractivity contribution in [3.63, 3.8) is 0 Å². The number of nitrogens with one attached hydrogen (secondary N) is 1. The number of carbonyl (C=O) groups is 2. The van der Waals surface area contributed by atoms with Crippen molar-refractivity contribution in [2.24, 2.45) is 0 Å². The number of likely N-dealkylation sites (N-methyl/N-ethyl adjacent to an activating group) is 1. The summed E-state index contributed by atoms with van der Waals surface area (Å²) < 4.78 is 15.7. The molecule has 1 aliphatic rings. The molecule has 0 aliphatic carbocycles. The summed E-state index contributed by atoms with van der Waals surface area (Å²) in [5.74, 6) is 1.19. The molecule has 0 radical (unpaired) electrons. The van der Waals surface area contributed by atoms with Gasteiger partial charge in [-0.1, -0.05) is 24.8 Å². The van der Waals surface area contributed by atoms with Gasteiger partial charge in [-0.05, 0) is 18.7 Å². The van der Waals surface area contributed by atoms with Gasteiger partial charge in [0.05, 0.1) is 32.1 Å². The molecule has 1 saturated heterocycles. The van der Waals surface area contributed by atoms with Gasteiger partial charge in [0, 0.05) is 25.3 Å². The van der Waals surface area contributed by atoms with Crippen LogP contribution in [0.2, 0.25) is 0 Å². The summed E-state index contributed by atoms with van der Waals surface area (Å²) in [6.07, 6.45) is 1.79. The molecule has 1 aromatic carbocycles. The van der Waals surface area contributed by atoms with E-state index in [1.807, 2.05) is 0 Å². The van der Waals surface area contributed by atoms with E-state index in [1.54, 1.807) is 29.2 Å². The maximum Gasteiger partial charge on any atom is 0.305 e. The molecule has 1 fully saturated rings. The Morgan fingerprint density at radius 1 is 1.19 bits per heavy atom. The molecular formula is C20H28N5O5S+. The van der Waals surface area contributed by atoms with Crippen LogP contribution in [0.3, 0.4) is 0 Å². The van der Waals surface area contributed by atoms with E-state index >= 15 is 0 Å². The van der Waals surface area contributed by atoms with E-state index in [1.165, 1.54) is 14.2 Å². The Hall–Kier alpha value is -2.79. The number of thioether (sulfide) groups is 1. The Kier molecular flexibility index (Phi) is 8.13. The fraction of sp³-hybridized carbons (Fsp3) is 0.500. The number of carbonyl (C=O) groups excluding carboxylic acids is 2. The molecule has 1 N–H and O–H groups in total. The number of aromatic nitrogens is 2. The standard InChI is InChI=1S/C20H27N5O5S/c1-4-23-9-11-24(12-10-23)25-14-18(30-22-25)21-17(26)8-13-31-20(27)19-15(28-2)6-5-7-16(19)29-3/h5-7,14H,4,8-13H2,1-3H3/p+1. The average Bonchev–Trinajstić information content (AvgIpc) is 3.26. The normalized spacial score (nSPS) is 14.4. The van der Waals surface area contributed by atoms with Crippen LogP contribution in [0.1, 0.15) is 23.7 Å². The molecule has 0 bridgehead atoms. The van der Waals surface area contributed by atoms with Crippen LogP contribution in [-0.2, 0) is 4.79 Å². The van der Waals surface area contributed by atoms with E-state index in [-0.39, 0.29) is 23.3 Å². The number of rotatable bonds is 9.